The van der Waals surface area contributed by atoms with E-state index in [9.17, 15) is 0 Å². The van der Waals surface area contributed by atoms with Crippen LogP contribution in [0.3, 0.4) is 0 Å². The maximum Gasteiger partial charge on any atom is 0.118 e. The molecule has 0 aliphatic heterocycles. The molecule has 3 nitrogen and oxygen atoms in total. The summed E-state index contributed by atoms with van der Waals surface area (Å²) >= 11 is 0. The molecular formula is C19H24O3. The summed E-state index contributed by atoms with van der Waals surface area (Å²) in [7, 11) is 1.67. The first-order valence-electron chi connectivity index (χ1n) is 7.64. The Labute approximate surface area is 132 Å². The van der Waals surface area contributed by atoms with E-state index in [1.807, 2.05) is 42.5 Å². The molecule has 2 aromatic carbocycles. The summed E-state index contributed by atoms with van der Waals surface area (Å²) in [5.41, 5.74) is 2.35. The van der Waals surface area contributed by atoms with Gasteiger partial charge in [-0.25, -0.2) is 0 Å². The van der Waals surface area contributed by atoms with E-state index >= 15 is 0 Å². The molecule has 0 spiro atoms. The summed E-state index contributed by atoms with van der Waals surface area (Å²) in [6.45, 7) is 4.06. The van der Waals surface area contributed by atoms with E-state index in [1.165, 1.54) is 5.56 Å². The van der Waals surface area contributed by atoms with Crippen LogP contribution in [-0.4, -0.2) is 19.8 Å². The minimum Gasteiger partial charge on any atom is -0.497 e. The van der Waals surface area contributed by atoms with Gasteiger partial charge in [-0.3, -0.25) is 0 Å². The number of ether oxygens (including phenoxy) is 3. The molecule has 22 heavy (non-hydrogen) atoms. The van der Waals surface area contributed by atoms with E-state index in [1.54, 1.807) is 7.11 Å². The molecule has 1 atom stereocenters. The van der Waals surface area contributed by atoms with Gasteiger partial charge in [0.2, 0.25) is 0 Å². The minimum absolute atomic E-state index is 0.179. The van der Waals surface area contributed by atoms with Gasteiger partial charge in [-0.1, -0.05) is 42.5 Å². The zero-order chi connectivity index (χ0) is 15.6. The van der Waals surface area contributed by atoms with Crippen molar-refractivity contribution in [2.24, 2.45) is 0 Å². The van der Waals surface area contributed by atoms with Crippen molar-refractivity contribution in [3.05, 3.63) is 65.7 Å². The first-order chi connectivity index (χ1) is 10.8. The zero-order valence-corrected chi connectivity index (χ0v) is 13.3. The maximum absolute atomic E-state index is 5.83. The van der Waals surface area contributed by atoms with E-state index in [0.717, 1.165) is 17.7 Å². The molecule has 0 radical (unpaired) electrons. The van der Waals surface area contributed by atoms with Crippen LogP contribution in [0.15, 0.2) is 54.6 Å². The molecule has 0 saturated carbocycles. The third-order valence-electron chi connectivity index (χ3n) is 3.47. The van der Waals surface area contributed by atoms with Crippen molar-refractivity contribution in [1.82, 2.24) is 0 Å². The van der Waals surface area contributed by atoms with Crippen LogP contribution in [0, 0.1) is 0 Å². The highest BCUT2D eigenvalue weighted by Gasteiger charge is 2.03. The molecular weight excluding hydrogens is 276 g/mol. The topological polar surface area (TPSA) is 27.7 Å². The fourth-order valence-electron chi connectivity index (χ4n) is 2.06. The lowest BCUT2D eigenvalue weighted by molar-refractivity contribution is 0.0189. The Balaban J connectivity index is 1.60. The van der Waals surface area contributed by atoms with Gasteiger partial charge in [0.15, 0.2) is 0 Å². The lowest BCUT2D eigenvalue weighted by Crippen LogP contribution is -2.11. The average molecular weight is 300 g/mol. The second kappa shape index (κ2) is 9.23. The largest absolute Gasteiger partial charge is 0.497 e. The molecule has 0 heterocycles. The quantitative estimate of drug-likeness (QED) is 0.649. The van der Waals surface area contributed by atoms with Gasteiger partial charge in [0.05, 0.1) is 26.4 Å². The number of benzene rings is 2. The van der Waals surface area contributed by atoms with Crippen LogP contribution in [0.1, 0.15) is 24.5 Å². The van der Waals surface area contributed by atoms with Crippen molar-refractivity contribution < 1.29 is 14.2 Å². The van der Waals surface area contributed by atoms with Crippen LogP contribution >= 0.6 is 0 Å². The fraction of sp³-hybridized carbons (Fsp3) is 0.368. The van der Waals surface area contributed by atoms with Crippen LogP contribution < -0.4 is 4.74 Å². The Hall–Kier alpha value is -1.84. The molecule has 0 amide bonds. The number of methoxy groups -OCH3 is 1. The standard InChI is InChI=1S/C19H24O3/c1-16(12-13-21-14-17-6-4-3-5-7-17)22-15-18-8-10-19(20-2)11-9-18/h3-11,16H,12-15H2,1-2H3. The van der Waals surface area contributed by atoms with E-state index in [-0.39, 0.29) is 6.10 Å². The van der Waals surface area contributed by atoms with Crippen molar-refractivity contribution in [3.63, 3.8) is 0 Å². The molecule has 0 saturated heterocycles. The van der Waals surface area contributed by atoms with Gasteiger partial charge in [-0.15, -0.1) is 0 Å². The second-order valence-corrected chi connectivity index (χ2v) is 5.30. The molecule has 0 N–H and O–H groups in total. The third-order valence-corrected chi connectivity index (χ3v) is 3.47. The zero-order valence-electron chi connectivity index (χ0n) is 13.3. The van der Waals surface area contributed by atoms with Crippen LogP contribution in [0.4, 0.5) is 0 Å². The highest BCUT2D eigenvalue weighted by Crippen LogP contribution is 2.13. The van der Waals surface area contributed by atoms with Crippen LogP contribution in [-0.2, 0) is 22.7 Å². The maximum atomic E-state index is 5.83. The van der Waals surface area contributed by atoms with E-state index in [0.29, 0.717) is 19.8 Å². The smallest absolute Gasteiger partial charge is 0.118 e. The van der Waals surface area contributed by atoms with Crippen molar-refractivity contribution in [2.45, 2.75) is 32.7 Å². The predicted molar refractivity (Wildman–Crippen MR) is 88.0 cm³/mol. The first kappa shape index (κ1) is 16.5. The van der Waals surface area contributed by atoms with Gasteiger partial charge < -0.3 is 14.2 Å². The Morgan fingerprint density at radius 1 is 0.864 bits per heavy atom. The summed E-state index contributed by atoms with van der Waals surface area (Å²) < 4.78 is 16.6. The van der Waals surface area contributed by atoms with Crippen molar-refractivity contribution in [1.29, 1.82) is 0 Å². The van der Waals surface area contributed by atoms with Gasteiger partial charge >= 0.3 is 0 Å². The Morgan fingerprint density at radius 3 is 2.23 bits per heavy atom. The molecule has 2 rings (SSSR count). The monoisotopic (exact) mass is 300 g/mol. The van der Waals surface area contributed by atoms with Crippen LogP contribution in [0.25, 0.3) is 0 Å². The summed E-state index contributed by atoms with van der Waals surface area (Å²) in [6, 6.07) is 18.2. The van der Waals surface area contributed by atoms with E-state index in [2.05, 4.69) is 19.1 Å². The number of hydrogen-bond donors (Lipinski definition) is 0. The molecule has 1 unspecified atom stereocenters. The highest BCUT2D eigenvalue weighted by atomic mass is 16.5. The lowest BCUT2D eigenvalue weighted by atomic mass is 10.2. The SMILES string of the molecule is COc1ccc(COC(C)CCOCc2ccccc2)cc1. The Kier molecular flexibility index (Phi) is 6.94. The molecule has 3 heteroatoms. The van der Waals surface area contributed by atoms with Gasteiger partial charge in [0, 0.05) is 6.61 Å². The molecule has 118 valence electrons. The normalized spacial score (nSPS) is 12.1. The van der Waals surface area contributed by atoms with Crippen molar-refractivity contribution in [2.75, 3.05) is 13.7 Å². The predicted octanol–water partition coefficient (Wildman–Crippen LogP) is 4.21. The molecule has 0 aromatic heterocycles. The van der Waals surface area contributed by atoms with Gasteiger partial charge in [-0.2, -0.15) is 0 Å². The molecule has 0 bridgehead atoms. The Bertz CT molecular complexity index is 522. The molecule has 0 aliphatic rings. The molecule has 0 fully saturated rings. The van der Waals surface area contributed by atoms with Crippen LogP contribution in [0.5, 0.6) is 5.75 Å². The summed E-state index contributed by atoms with van der Waals surface area (Å²) in [6.07, 6.45) is 1.07. The lowest BCUT2D eigenvalue weighted by Gasteiger charge is -2.13. The average Bonchev–Trinajstić information content (AvgIpc) is 2.58. The van der Waals surface area contributed by atoms with Gasteiger partial charge in [0.1, 0.15) is 5.75 Å². The fourth-order valence-corrected chi connectivity index (χ4v) is 2.06. The molecule has 2 aromatic rings. The van der Waals surface area contributed by atoms with Gasteiger partial charge in [0.25, 0.3) is 0 Å². The second-order valence-electron chi connectivity index (χ2n) is 5.30. The Morgan fingerprint density at radius 2 is 1.55 bits per heavy atom. The number of rotatable bonds is 9. The summed E-state index contributed by atoms with van der Waals surface area (Å²) in [4.78, 5) is 0. The van der Waals surface area contributed by atoms with E-state index in [4.69, 9.17) is 14.2 Å². The number of hydrogen-bond acceptors (Lipinski definition) is 3. The molecule has 0 aliphatic carbocycles. The van der Waals surface area contributed by atoms with Gasteiger partial charge in [-0.05, 0) is 36.6 Å². The third kappa shape index (κ3) is 5.88. The highest BCUT2D eigenvalue weighted by molar-refractivity contribution is 5.26. The van der Waals surface area contributed by atoms with Crippen LogP contribution in [0.2, 0.25) is 0 Å². The van der Waals surface area contributed by atoms with E-state index < -0.39 is 0 Å². The summed E-state index contributed by atoms with van der Waals surface area (Å²) in [5.74, 6) is 0.867. The summed E-state index contributed by atoms with van der Waals surface area (Å²) in [5, 5.41) is 0. The van der Waals surface area contributed by atoms with Crippen molar-refractivity contribution in [3.8, 4) is 5.75 Å². The van der Waals surface area contributed by atoms with Crippen molar-refractivity contribution >= 4 is 0 Å². The first-order valence-corrected chi connectivity index (χ1v) is 7.64. The minimum atomic E-state index is 0.179.